The average Bonchev–Trinajstić information content (AvgIpc) is 3.04. The Labute approximate surface area is 166 Å². The summed E-state index contributed by atoms with van der Waals surface area (Å²) in [6, 6.07) is 10.7. The van der Waals surface area contributed by atoms with E-state index < -0.39 is 41.4 Å². The molecule has 1 aromatic heterocycles. The van der Waals surface area contributed by atoms with E-state index in [1.807, 2.05) is 18.2 Å². The zero-order chi connectivity index (χ0) is 21.0. The van der Waals surface area contributed by atoms with Crippen LogP contribution in [0.3, 0.4) is 0 Å². The number of cyclic esters (lactones) is 1. The lowest BCUT2D eigenvalue weighted by Gasteiger charge is -2.11. The van der Waals surface area contributed by atoms with E-state index in [2.05, 4.69) is 0 Å². The van der Waals surface area contributed by atoms with E-state index in [9.17, 15) is 19.5 Å². The minimum absolute atomic E-state index is 0.00172. The van der Waals surface area contributed by atoms with Crippen molar-refractivity contribution in [3.8, 4) is 0 Å². The lowest BCUT2D eigenvalue weighted by Crippen LogP contribution is -2.40. The first-order chi connectivity index (χ1) is 14.0. The second kappa shape index (κ2) is 8.55. The fraction of sp³-hybridized carbons (Fsp3) is 0.238. The molecule has 150 valence electrons. The predicted molar refractivity (Wildman–Crippen MR) is 101 cm³/mol. The molecule has 0 saturated heterocycles. The first-order valence-electron chi connectivity index (χ1n) is 9.07. The topological polar surface area (TPSA) is 103 Å². The van der Waals surface area contributed by atoms with Crippen LogP contribution in [-0.4, -0.2) is 42.8 Å². The number of benzene rings is 1. The molecule has 0 radical (unpaired) electrons. The number of carbonyl (C=O) groups excluding carboxylic acids is 3. The first-order valence-corrected chi connectivity index (χ1v) is 9.07. The Morgan fingerprint density at radius 1 is 1.07 bits per heavy atom. The van der Waals surface area contributed by atoms with E-state index in [-0.39, 0.29) is 18.9 Å². The number of rotatable bonds is 6. The number of aliphatic hydroxyl groups excluding tert-OH is 1. The minimum atomic E-state index is -0.948. The molecule has 0 atom stereocenters. The summed E-state index contributed by atoms with van der Waals surface area (Å²) in [4.78, 5) is 38.0. The quantitative estimate of drug-likeness (QED) is 0.343. The van der Waals surface area contributed by atoms with Crippen molar-refractivity contribution in [2.24, 2.45) is 0 Å². The maximum Gasteiger partial charge on any atom is 0.405 e. The highest BCUT2D eigenvalue weighted by molar-refractivity contribution is 6.21. The summed E-state index contributed by atoms with van der Waals surface area (Å²) in [5, 5.41) is 11.0. The molecule has 1 aliphatic rings. The third-order valence-electron chi connectivity index (χ3n) is 4.22. The van der Waals surface area contributed by atoms with Crippen LogP contribution >= 0.6 is 0 Å². The Balaban J connectivity index is 2.41. The molecule has 1 aliphatic heterocycles. The Hall–Kier alpha value is -3.68. The molecule has 0 amide bonds. The van der Waals surface area contributed by atoms with Crippen LogP contribution in [0.4, 0.5) is 0 Å². The van der Waals surface area contributed by atoms with Crippen LogP contribution in [0.1, 0.15) is 13.8 Å². The van der Waals surface area contributed by atoms with E-state index >= 15 is 0 Å². The summed E-state index contributed by atoms with van der Waals surface area (Å²) in [5.41, 5.74) is -0.479. The van der Waals surface area contributed by atoms with E-state index in [0.717, 1.165) is 5.39 Å². The summed E-state index contributed by atoms with van der Waals surface area (Å²) in [6.07, 6.45) is 1.56. The Morgan fingerprint density at radius 3 is 2.38 bits per heavy atom. The van der Waals surface area contributed by atoms with Gasteiger partial charge in [-0.3, -0.25) is 0 Å². The van der Waals surface area contributed by atoms with Gasteiger partial charge in [0.1, 0.15) is 17.9 Å². The summed E-state index contributed by atoms with van der Waals surface area (Å²) in [7, 11) is 0. The van der Waals surface area contributed by atoms with Crippen LogP contribution in [-0.2, 0) is 28.6 Å². The number of carbonyl (C=O) groups is 3. The van der Waals surface area contributed by atoms with E-state index in [1.54, 1.807) is 38.2 Å². The number of hydrogen-bond donors (Lipinski definition) is 1. The van der Waals surface area contributed by atoms with Gasteiger partial charge in [0.05, 0.1) is 13.2 Å². The fourth-order valence-electron chi connectivity index (χ4n) is 3.04. The van der Waals surface area contributed by atoms with Crippen molar-refractivity contribution in [3.05, 3.63) is 59.5 Å². The van der Waals surface area contributed by atoms with Gasteiger partial charge in [-0.1, -0.05) is 12.1 Å². The molecule has 0 fully saturated rings. The van der Waals surface area contributed by atoms with Gasteiger partial charge in [0.25, 0.3) is 0 Å². The number of fused-ring (bicyclic) bond motifs is 1. The molecule has 0 bridgehead atoms. The third kappa shape index (κ3) is 3.82. The van der Waals surface area contributed by atoms with Gasteiger partial charge in [-0.05, 0) is 26.0 Å². The predicted octanol–water partition coefficient (Wildman–Crippen LogP) is 1.83. The monoisotopic (exact) mass is 398 g/mol. The van der Waals surface area contributed by atoms with Crippen molar-refractivity contribution in [1.29, 1.82) is 0 Å². The van der Waals surface area contributed by atoms with Crippen LogP contribution in [0.5, 0.6) is 0 Å². The van der Waals surface area contributed by atoms with Gasteiger partial charge in [-0.25, -0.2) is 14.4 Å². The zero-order valence-corrected chi connectivity index (χ0v) is 16.0. The molecule has 3 rings (SSSR count). The fourth-order valence-corrected chi connectivity index (χ4v) is 3.04. The van der Waals surface area contributed by atoms with Crippen LogP contribution in [0.15, 0.2) is 59.5 Å². The minimum Gasteiger partial charge on any atom is -0.508 e. The Morgan fingerprint density at radius 2 is 1.72 bits per heavy atom. The molecule has 1 N–H and O–H groups in total. The molecular formula is C21H20NO7+. The standard InChI is InChI=1S/C21H19NO7/c1-3-27-20(25)17(16-15(23)12-29-19(16)24)18(21(26)28-4-2)22-11-7-9-13-8-5-6-10-14(13)22/h5-11H,3-4,12H2,1-2H3/p+1. The Kier molecular flexibility index (Phi) is 5.92. The molecule has 8 nitrogen and oxygen atoms in total. The number of aromatic nitrogens is 1. The lowest BCUT2D eigenvalue weighted by molar-refractivity contribution is -0.550. The third-order valence-corrected chi connectivity index (χ3v) is 4.22. The van der Waals surface area contributed by atoms with Crippen molar-refractivity contribution >= 4 is 34.5 Å². The molecule has 1 aromatic carbocycles. The van der Waals surface area contributed by atoms with Crippen LogP contribution in [0.25, 0.3) is 16.6 Å². The summed E-state index contributed by atoms with van der Waals surface area (Å²) >= 11 is 0. The number of para-hydroxylation sites is 1. The van der Waals surface area contributed by atoms with Crippen LogP contribution in [0.2, 0.25) is 0 Å². The molecule has 0 unspecified atom stereocenters. The average molecular weight is 398 g/mol. The van der Waals surface area contributed by atoms with Gasteiger partial charge in [-0.2, -0.15) is 4.57 Å². The van der Waals surface area contributed by atoms with Crippen molar-refractivity contribution in [2.75, 3.05) is 19.8 Å². The van der Waals surface area contributed by atoms with Gasteiger partial charge in [0, 0.05) is 17.5 Å². The second-order valence-corrected chi connectivity index (χ2v) is 6.00. The maximum atomic E-state index is 12.9. The number of pyridine rings is 1. The smallest absolute Gasteiger partial charge is 0.405 e. The summed E-state index contributed by atoms with van der Waals surface area (Å²) in [6.45, 7) is 2.86. The number of hydrogen-bond acceptors (Lipinski definition) is 7. The number of ether oxygens (including phenoxy) is 3. The molecule has 2 heterocycles. The molecule has 29 heavy (non-hydrogen) atoms. The number of aliphatic hydroxyl groups is 1. The van der Waals surface area contributed by atoms with Crippen molar-refractivity contribution < 1.29 is 38.3 Å². The van der Waals surface area contributed by atoms with Crippen molar-refractivity contribution in [1.82, 2.24) is 0 Å². The van der Waals surface area contributed by atoms with Gasteiger partial charge >= 0.3 is 23.6 Å². The van der Waals surface area contributed by atoms with Crippen LogP contribution < -0.4 is 4.57 Å². The summed E-state index contributed by atoms with van der Waals surface area (Å²) in [5.74, 6) is -3.18. The molecule has 2 aromatic rings. The van der Waals surface area contributed by atoms with Crippen LogP contribution in [0, 0.1) is 0 Å². The molecule has 0 spiro atoms. The zero-order valence-electron chi connectivity index (χ0n) is 16.0. The lowest BCUT2D eigenvalue weighted by atomic mass is 10.0. The normalized spacial score (nSPS) is 14.5. The van der Waals surface area contributed by atoms with Gasteiger partial charge < -0.3 is 19.3 Å². The maximum absolute atomic E-state index is 12.9. The second-order valence-electron chi connectivity index (χ2n) is 6.00. The van der Waals surface area contributed by atoms with Gasteiger partial charge in [-0.15, -0.1) is 0 Å². The largest absolute Gasteiger partial charge is 0.508 e. The van der Waals surface area contributed by atoms with Crippen molar-refractivity contribution in [3.63, 3.8) is 0 Å². The van der Waals surface area contributed by atoms with Crippen molar-refractivity contribution in [2.45, 2.75) is 13.8 Å². The van der Waals surface area contributed by atoms with Gasteiger partial charge in [0.15, 0.2) is 11.8 Å². The summed E-state index contributed by atoms with van der Waals surface area (Å²) < 4.78 is 16.5. The molecular weight excluding hydrogens is 378 g/mol. The highest BCUT2D eigenvalue weighted by atomic mass is 16.6. The SMILES string of the molecule is CCOC(=O)/C(C1=C(O)COC1=O)=C(\C(=O)OCC)[n+]1cccc2ccccc21. The highest BCUT2D eigenvalue weighted by Gasteiger charge is 2.42. The first kappa shape index (κ1) is 20.1. The molecule has 8 heteroatoms. The van der Waals surface area contributed by atoms with E-state index in [1.165, 1.54) is 4.57 Å². The Bertz CT molecular complexity index is 1050. The molecule has 0 aliphatic carbocycles. The van der Waals surface area contributed by atoms with Gasteiger partial charge in [0.2, 0.25) is 5.52 Å². The number of esters is 3. The highest BCUT2D eigenvalue weighted by Crippen LogP contribution is 2.27. The van der Waals surface area contributed by atoms with E-state index in [0.29, 0.717) is 5.52 Å². The molecule has 0 saturated carbocycles. The number of nitrogens with zero attached hydrogens (tertiary/aromatic N) is 1. The van der Waals surface area contributed by atoms with E-state index in [4.69, 9.17) is 14.2 Å².